The molecule has 156 valence electrons. The third kappa shape index (κ3) is 3.74. The number of hydrogen-bond donors (Lipinski definition) is 1. The van der Waals surface area contributed by atoms with Crippen LogP contribution in [-0.2, 0) is 0 Å². The Morgan fingerprint density at radius 1 is 1.00 bits per heavy atom. The molecule has 0 saturated carbocycles. The molecule has 2 aromatic carbocycles. The number of pyridine rings is 1. The first-order valence-electron chi connectivity index (χ1n) is 10.4. The third-order valence-electron chi connectivity index (χ3n) is 5.73. The zero-order valence-electron chi connectivity index (χ0n) is 16.9. The summed E-state index contributed by atoms with van der Waals surface area (Å²) in [6.45, 7) is 1.13. The Hall–Kier alpha value is -3.74. The number of carbonyl (C=O) groups excluding carboxylic acids is 1. The summed E-state index contributed by atoms with van der Waals surface area (Å²) in [4.78, 5) is 23.5. The maximum Gasteiger partial charge on any atom is 0.256 e. The van der Waals surface area contributed by atoms with Gasteiger partial charge in [-0.05, 0) is 49.2 Å². The molecule has 2 aromatic heterocycles. The van der Waals surface area contributed by atoms with Gasteiger partial charge >= 0.3 is 0 Å². The Balaban J connectivity index is 1.40. The zero-order chi connectivity index (χ0) is 21.2. The number of amides is 1. The number of likely N-dealkylation sites (tertiary alicyclic amines) is 1. The van der Waals surface area contributed by atoms with Crippen LogP contribution in [0.4, 0.5) is 16.0 Å². The van der Waals surface area contributed by atoms with Gasteiger partial charge in [-0.3, -0.25) is 9.78 Å². The Labute approximate surface area is 179 Å². The molecular weight excluding hydrogens is 393 g/mol. The second-order valence-corrected chi connectivity index (χ2v) is 7.66. The van der Waals surface area contributed by atoms with Crippen molar-refractivity contribution in [3.8, 4) is 0 Å². The molecule has 0 unspecified atom stereocenters. The van der Waals surface area contributed by atoms with Gasteiger partial charge in [-0.2, -0.15) is 0 Å². The van der Waals surface area contributed by atoms with Crippen LogP contribution >= 0.6 is 0 Å². The standard InChI is InChI=1S/C24H22FN5O/c25-20-8-2-1-7-19(20)23(31)29-14-11-18(12-15-29)30-22-10-4-3-9-21(22)28-24(30)27-17-6-5-13-26-16-17/h1-10,13,16,18H,11-12,14-15H2,(H,27,28). The highest BCUT2D eigenvalue weighted by atomic mass is 19.1. The summed E-state index contributed by atoms with van der Waals surface area (Å²) in [5.41, 5.74) is 2.96. The number of nitrogens with one attached hydrogen (secondary N) is 1. The van der Waals surface area contributed by atoms with Gasteiger partial charge in [0.15, 0.2) is 0 Å². The van der Waals surface area contributed by atoms with E-state index in [2.05, 4.69) is 20.9 Å². The Morgan fingerprint density at radius 2 is 1.77 bits per heavy atom. The van der Waals surface area contributed by atoms with E-state index in [0.29, 0.717) is 13.1 Å². The van der Waals surface area contributed by atoms with Gasteiger partial charge in [0.05, 0.1) is 28.5 Å². The third-order valence-corrected chi connectivity index (χ3v) is 5.73. The zero-order valence-corrected chi connectivity index (χ0v) is 16.9. The molecule has 0 atom stereocenters. The molecule has 1 saturated heterocycles. The summed E-state index contributed by atoms with van der Waals surface area (Å²) in [7, 11) is 0. The lowest BCUT2D eigenvalue weighted by Crippen LogP contribution is -2.39. The number of aromatic nitrogens is 3. The summed E-state index contributed by atoms with van der Waals surface area (Å²) in [6.07, 6.45) is 5.03. The lowest BCUT2D eigenvalue weighted by atomic mass is 10.0. The molecule has 1 N–H and O–H groups in total. The number of anilines is 2. The van der Waals surface area contributed by atoms with E-state index in [1.807, 2.05) is 30.3 Å². The van der Waals surface area contributed by atoms with Gasteiger partial charge in [0.2, 0.25) is 5.95 Å². The number of imidazole rings is 1. The van der Waals surface area contributed by atoms with E-state index in [1.54, 1.807) is 35.5 Å². The number of rotatable bonds is 4. The van der Waals surface area contributed by atoms with Crippen LogP contribution in [0.5, 0.6) is 0 Å². The van der Waals surface area contributed by atoms with Crippen LogP contribution in [0.2, 0.25) is 0 Å². The molecule has 1 aliphatic rings. The van der Waals surface area contributed by atoms with E-state index >= 15 is 0 Å². The van der Waals surface area contributed by atoms with Crippen molar-refractivity contribution in [3.63, 3.8) is 0 Å². The van der Waals surface area contributed by atoms with Crippen molar-refractivity contribution in [2.45, 2.75) is 18.9 Å². The summed E-state index contributed by atoms with van der Waals surface area (Å²) in [5, 5.41) is 3.39. The molecule has 5 rings (SSSR count). The van der Waals surface area contributed by atoms with Gasteiger partial charge in [0.25, 0.3) is 5.91 Å². The predicted octanol–water partition coefficient (Wildman–Crippen LogP) is 4.79. The fourth-order valence-corrected chi connectivity index (χ4v) is 4.20. The van der Waals surface area contributed by atoms with E-state index in [0.717, 1.165) is 35.5 Å². The van der Waals surface area contributed by atoms with Gasteiger partial charge in [0.1, 0.15) is 5.82 Å². The SMILES string of the molecule is O=C(c1ccccc1F)N1CCC(n2c(Nc3cccnc3)nc3ccccc32)CC1. The van der Waals surface area contributed by atoms with Crippen molar-refractivity contribution in [2.75, 3.05) is 18.4 Å². The van der Waals surface area contributed by atoms with Crippen molar-refractivity contribution >= 4 is 28.6 Å². The van der Waals surface area contributed by atoms with E-state index in [4.69, 9.17) is 4.98 Å². The number of benzene rings is 2. The maximum atomic E-state index is 14.1. The Kier molecular flexibility index (Phi) is 5.08. The smallest absolute Gasteiger partial charge is 0.256 e. The summed E-state index contributed by atoms with van der Waals surface area (Å²) >= 11 is 0. The van der Waals surface area contributed by atoms with E-state index in [-0.39, 0.29) is 17.5 Å². The molecule has 0 spiro atoms. The van der Waals surface area contributed by atoms with Crippen molar-refractivity contribution < 1.29 is 9.18 Å². The molecule has 1 aliphatic heterocycles. The van der Waals surface area contributed by atoms with Crippen LogP contribution in [0.25, 0.3) is 11.0 Å². The van der Waals surface area contributed by atoms with Crippen LogP contribution in [0.15, 0.2) is 73.1 Å². The lowest BCUT2D eigenvalue weighted by Gasteiger charge is -2.33. The normalized spacial score (nSPS) is 14.7. The molecular formula is C24H22FN5O. The van der Waals surface area contributed by atoms with E-state index in [9.17, 15) is 9.18 Å². The lowest BCUT2D eigenvalue weighted by molar-refractivity contribution is 0.0692. The molecule has 4 aromatic rings. The van der Waals surface area contributed by atoms with Crippen LogP contribution in [0.1, 0.15) is 29.2 Å². The van der Waals surface area contributed by atoms with Gasteiger partial charge in [0, 0.05) is 25.3 Å². The summed E-state index contributed by atoms with van der Waals surface area (Å²) < 4.78 is 16.3. The van der Waals surface area contributed by atoms with Gasteiger partial charge in [-0.25, -0.2) is 9.37 Å². The molecule has 1 fully saturated rings. The number of fused-ring (bicyclic) bond motifs is 1. The highest BCUT2D eigenvalue weighted by Crippen LogP contribution is 2.32. The van der Waals surface area contributed by atoms with E-state index < -0.39 is 5.82 Å². The second kappa shape index (κ2) is 8.18. The van der Waals surface area contributed by atoms with Crippen molar-refractivity contribution in [2.24, 2.45) is 0 Å². The fourth-order valence-electron chi connectivity index (χ4n) is 4.20. The average molecular weight is 415 g/mol. The number of hydrogen-bond acceptors (Lipinski definition) is 4. The first-order chi connectivity index (χ1) is 15.2. The van der Waals surface area contributed by atoms with Gasteiger partial charge < -0.3 is 14.8 Å². The molecule has 7 heteroatoms. The van der Waals surface area contributed by atoms with E-state index in [1.165, 1.54) is 6.07 Å². The Morgan fingerprint density at radius 3 is 2.55 bits per heavy atom. The van der Waals surface area contributed by atoms with Crippen molar-refractivity contribution in [1.82, 2.24) is 19.4 Å². The van der Waals surface area contributed by atoms with Gasteiger partial charge in [-0.15, -0.1) is 0 Å². The molecule has 6 nitrogen and oxygen atoms in total. The first-order valence-corrected chi connectivity index (χ1v) is 10.4. The number of para-hydroxylation sites is 2. The minimum Gasteiger partial charge on any atom is -0.338 e. The monoisotopic (exact) mass is 415 g/mol. The van der Waals surface area contributed by atoms with Crippen LogP contribution < -0.4 is 5.32 Å². The van der Waals surface area contributed by atoms with Crippen molar-refractivity contribution in [3.05, 3.63) is 84.4 Å². The molecule has 1 amide bonds. The predicted molar refractivity (Wildman–Crippen MR) is 118 cm³/mol. The number of carbonyl (C=O) groups is 1. The van der Waals surface area contributed by atoms with Crippen molar-refractivity contribution in [1.29, 1.82) is 0 Å². The van der Waals surface area contributed by atoms with Crippen LogP contribution in [0, 0.1) is 5.82 Å². The number of halogens is 1. The van der Waals surface area contributed by atoms with Crippen LogP contribution in [0.3, 0.4) is 0 Å². The minimum atomic E-state index is -0.474. The summed E-state index contributed by atoms with van der Waals surface area (Å²) in [5.74, 6) is 0.0343. The number of piperidine rings is 1. The highest BCUT2D eigenvalue weighted by Gasteiger charge is 2.28. The maximum absolute atomic E-state index is 14.1. The molecule has 0 aliphatic carbocycles. The first kappa shape index (κ1) is 19.2. The Bertz CT molecular complexity index is 1220. The van der Waals surface area contributed by atoms with Crippen LogP contribution in [-0.4, -0.2) is 38.4 Å². The molecule has 31 heavy (non-hydrogen) atoms. The largest absolute Gasteiger partial charge is 0.338 e. The molecule has 0 radical (unpaired) electrons. The summed E-state index contributed by atoms with van der Waals surface area (Å²) in [6, 6.07) is 18.2. The fraction of sp³-hybridized carbons (Fsp3) is 0.208. The quantitative estimate of drug-likeness (QED) is 0.521. The van der Waals surface area contributed by atoms with Gasteiger partial charge in [-0.1, -0.05) is 24.3 Å². The minimum absolute atomic E-state index is 0.132. The molecule has 0 bridgehead atoms. The topological polar surface area (TPSA) is 63.1 Å². The second-order valence-electron chi connectivity index (χ2n) is 7.66. The highest BCUT2D eigenvalue weighted by molar-refractivity contribution is 5.94. The number of nitrogens with zero attached hydrogens (tertiary/aromatic N) is 4. The average Bonchev–Trinajstić information content (AvgIpc) is 3.17. The molecule has 3 heterocycles.